The van der Waals surface area contributed by atoms with Crippen molar-refractivity contribution in [3.05, 3.63) is 21.6 Å². The number of thioether (sulfide) groups is 1. The molecule has 1 aromatic heterocycles. The van der Waals surface area contributed by atoms with E-state index >= 15 is 0 Å². The highest BCUT2D eigenvalue weighted by molar-refractivity contribution is 8.13. The number of hydrogen-bond donors (Lipinski definition) is 0. The maximum absolute atomic E-state index is 13.3. The predicted molar refractivity (Wildman–Crippen MR) is 84.2 cm³/mol. The summed E-state index contributed by atoms with van der Waals surface area (Å²) in [4.78, 5) is 21.0. The Morgan fingerprint density at radius 1 is 1.42 bits per heavy atom. The van der Waals surface area contributed by atoms with E-state index in [-0.39, 0.29) is 18.4 Å². The smallest absolute Gasteiger partial charge is 0.434 e. The van der Waals surface area contributed by atoms with Gasteiger partial charge in [0.1, 0.15) is 10.6 Å². The average molecular weight is 365 g/mol. The van der Waals surface area contributed by atoms with E-state index in [1.54, 1.807) is 6.92 Å². The maximum Gasteiger partial charge on any atom is 0.434 e. The molecule has 0 aliphatic carbocycles. The van der Waals surface area contributed by atoms with Crippen LogP contribution in [0.15, 0.2) is 9.95 Å². The molecule has 1 aliphatic rings. The van der Waals surface area contributed by atoms with Gasteiger partial charge >= 0.3 is 6.18 Å². The Labute approximate surface area is 141 Å². The van der Waals surface area contributed by atoms with Gasteiger partial charge in [-0.1, -0.05) is 5.16 Å². The Kier molecular flexibility index (Phi) is 5.17. The lowest BCUT2D eigenvalue weighted by molar-refractivity contribution is -0.142. The van der Waals surface area contributed by atoms with Gasteiger partial charge in [0, 0.05) is 19.2 Å². The Bertz CT molecular complexity index is 714. The zero-order valence-corrected chi connectivity index (χ0v) is 14.5. The third-order valence-electron chi connectivity index (χ3n) is 3.24. The number of aromatic nitrogens is 2. The SMILES string of the molecule is CCOc1nc(C(F)(F)F)c(CSC2=NOC(C)(C)C2)c(=O)n1C. The van der Waals surface area contributed by atoms with Crippen molar-refractivity contribution >= 4 is 16.8 Å². The quantitative estimate of drug-likeness (QED) is 0.821. The van der Waals surface area contributed by atoms with Crippen molar-refractivity contribution in [3.8, 4) is 6.01 Å². The van der Waals surface area contributed by atoms with E-state index in [0.29, 0.717) is 11.5 Å². The highest BCUT2D eigenvalue weighted by atomic mass is 32.2. The first kappa shape index (κ1) is 18.6. The number of alkyl halides is 3. The van der Waals surface area contributed by atoms with Crippen LogP contribution in [0.4, 0.5) is 13.2 Å². The molecule has 0 spiro atoms. The fourth-order valence-electron chi connectivity index (χ4n) is 2.09. The third kappa shape index (κ3) is 4.03. The Hall–Kier alpha value is -1.71. The van der Waals surface area contributed by atoms with Crippen LogP contribution in [-0.2, 0) is 23.8 Å². The van der Waals surface area contributed by atoms with Gasteiger partial charge < -0.3 is 9.57 Å². The first-order chi connectivity index (χ1) is 11.0. The molecule has 10 heteroatoms. The number of nitrogens with zero attached hydrogens (tertiary/aromatic N) is 3. The molecule has 0 amide bonds. The lowest BCUT2D eigenvalue weighted by atomic mass is 10.1. The standard InChI is InChI=1S/C14H18F3N3O3S/c1-5-22-12-18-10(14(15,16)17)8(11(21)20(12)4)7-24-9-6-13(2,3)23-19-9/h5-7H2,1-4H3. The van der Waals surface area contributed by atoms with E-state index in [1.807, 2.05) is 13.8 Å². The molecule has 0 saturated heterocycles. The third-order valence-corrected chi connectivity index (χ3v) is 4.22. The second-order valence-electron chi connectivity index (χ2n) is 5.82. The number of hydrogen-bond acceptors (Lipinski definition) is 6. The van der Waals surface area contributed by atoms with Crippen LogP contribution in [0.5, 0.6) is 6.01 Å². The van der Waals surface area contributed by atoms with Crippen molar-refractivity contribution in [2.75, 3.05) is 6.61 Å². The summed E-state index contributed by atoms with van der Waals surface area (Å²) < 4.78 is 45.8. The van der Waals surface area contributed by atoms with Gasteiger partial charge in [0.05, 0.1) is 12.2 Å². The van der Waals surface area contributed by atoms with Crippen LogP contribution in [0.2, 0.25) is 0 Å². The van der Waals surface area contributed by atoms with Gasteiger partial charge in [0.2, 0.25) is 0 Å². The van der Waals surface area contributed by atoms with Gasteiger partial charge in [0.25, 0.3) is 11.6 Å². The Balaban J connectivity index is 2.34. The zero-order valence-electron chi connectivity index (χ0n) is 13.7. The maximum atomic E-state index is 13.3. The normalized spacial score (nSPS) is 16.7. The van der Waals surface area contributed by atoms with Crippen molar-refractivity contribution in [2.45, 2.75) is 44.7 Å². The molecule has 0 bridgehead atoms. The van der Waals surface area contributed by atoms with Crippen molar-refractivity contribution in [2.24, 2.45) is 12.2 Å². The molecule has 0 radical (unpaired) electrons. The lowest BCUT2D eigenvalue weighted by Gasteiger charge is -2.15. The minimum Gasteiger partial charge on any atom is -0.465 e. The predicted octanol–water partition coefficient (Wildman–Crippen LogP) is 2.94. The van der Waals surface area contributed by atoms with Crippen LogP contribution in [0, 0.1) is 0 Å². The minimum atomic E-state index is -4.75. The number of halogens is 3. The van der Waals surface area contributed by atoms with Gasteiger partial charge in [-0.05, 0) is 20.8 Å². The van der Waals surface area contributed by atoms with E-state index < -0.39 is 28.6 Å². The van der Waals surface area contributed by atoms with E-state index in [9.17, 15) is 18.0 Å². The number of rotatable bonds is 4. The molecule has 0 unspecified atom stereocenters. The largest absolute Gasteiger partial charge is 0.465 e. The summed E-state index contributed by atoms with van der Waals surface area (Å²) in [5, 5.41) is 4.38. The van der Waals surface area contributed by atoms with Crippen molar-refractivity contribution in [3.63, 3.8) is 0 Å². The highest BCUT2D eigenvalue weighted by Gasteiger charge is 2.38. The first-order valence-electron chi connectivity index (χ1n) is 7.23. The molecule has 24 heavy (non-hydrogen) atoms. The Morgan fingerprint density at radius 2 is 2.08 bits per heavy atom. The molecule has 0 N–H and O–H groups in total. The van der Waals surface area contributed by atoms with E-state index in [0.717, 1.165) is 16.3 Å². The molecular weight excluding hydrogens is 347 g/mol. The van der Waals surface area contributed by atoms with E-state index in [4.69, 9.17) is 9.57 Å². The minimum absolute atomic E-state index is 0.106. The van der Waals surface area contributed by atoms with E-state index in [1.165, 1.54) is 7.05 Å². The molecule has 2 heterocycles. The second-order valence-corrected chi connectivity index (χ2v) is 6.87. The van der Waals surface area contributed by atoms with Crippen LogP contribution in [0.1, 0.15) is 38.4 Å². The Morgan fingerprint density at radius 3 is 2.58 bits per heavy atom. The van der Waals surface area contributed by atoms with Crippen LogP contribution in [0.25, 0.3) is 0 Å². The summed E-state index contributed by atoms with van der Waals surface area (Å²) in [6, 6.07) is -0.355. The van der Waals surface area contributed by atoms with Gasteiger partial charge in [-0.15, -0.1) is 11.8 Å². The first-order valence-corrected chi connectivity index (χ1v) is 8.21. The topological polar surface area (TPSA) is 65.7 Å². The fourth-order valence-corrected chi connectivity index (χ4v) is 3.20. The molecule has 0 aromatic carbocycles. The summed E-state index contributed by atoms with van der Waals surface area (Å²) >= 11 is 1.04. The van der Waals surface area contributed by atoms with Gasteiger partial charge in [-0.25, -0.2) is 0 Å². The summed E-state index contributed by atoms with van der Waals surface area (Å²) in [7, 11) is 1.33. The van der Waals surface area contributed by atoms with Crippen molar-refractivity contribution in [1.29, 1.82) is 0 Å². The summed E-state index contributed by atoms with van der Waals surface area (Å²) in [5.74, 6) is -0.195. The van der Waals surface area contributed by atoms with E-state index in [2.05, 4.69) is 10.1 Å². The molecular formula is C14H18F3N3O3S. The lowest BCUT2D eigenvalue weighted by Crippen LogP contribution is -2.29. The average Bonchev–Trinajstić information content (AvgIpc) is 2.81. The molecule has 0 saturated carbocycles. The van der Waals surface area contributed by atoms with Crippen molar-refractivity contribution in [1.82, 2.24) is 9.55 Å². The monoisotopic (exact) mass is 365 g/mol. The fraction of sp³-hybridized carbons (Fsp3) is 0.643. The number of ether oxygens (including phenoxy) is 1. The molecule has 0 atom stereocenters. The van der Waals surface area contributed by atoms with Crippen LogP contribution >= 0.6 is 11.8 Å². The molecule has 2 rings (SSSR count). The zero-order chi connectivity index (χ0) is 18.1. The van der Waals surface area contributed by atoms with Crippen LogP contribution in [0.3, 0.4) is 0 Å². The van der Waals surface area contributed by atoms with Crippen LogP contribution < -0.4 is 10.3 Å². The summed E-state index contributed by atoms with van der Waals surface area (Å²) in [6.07, 6.45) is -4.27. The number of oxime groups is 1. The van der Waals surface area contributed by atoms with Gasteiger partial charge in [-0.3, -0.25) is 9.36 Å². The highest BCUT2D eigenvalue weighted by Crippen LogP contribution is 2.34. The van der Waals surface area contributed by atoms with Gasteiger partial charge in [-0.2, -0.15) is 18.2 Å². The molecule has 0 fully saturated rings. The summed E-state index contributed by atoms with van der Waals surface area (Å²) in [5.41, 5.74) is -2.92. The summed E-state index contributed by atoms with van der Waals surface area (Å²) in [6.45, 7) is 5.35. The second kappa shape index (κ2) is 6.66. The van der Waals surface area contributed by atoms with Gasteiger partial charge in [0.15, 0.2) is 5.69 Å². The molecule has 134 valence electrons. The van der Waals surface area contributed by atoms with Crippen LogP contribution in [-0.4, -0.2) is 26.8 Å². The van der Waals surface area contributed by atoms with Crippen molar-refractivity contribution < 1.29 is 22.7 Å². The molecule has 1 aliphatic heterocycles. The molecule has 6 nitrogen and oxygen atoms in total. The molecule has 1 aromatic rings.